The third-order valence-corrected chi connectivity index (χ3v) is 5.76. The summed E-state index contributed by atoms with van der Waals surface area (Å²) in [6.45, 7) is 3.44. The lowest BCUT2D eigenvalue weighted by Gasteiger charge is -2.32. The Hall–Kier alpha value is -3.27. The number of fused-ring (bicyclic) bond motifs is 1. The first-order valence-corrected chi connectivity index (χ1v) is 10.5. The number of aromatic nitrogens is 6. The van der Waals surface area contributed by atoms with Crippen molar-refractivity contribution in [3.63, 3.8) is 0 Å². The Morgan fingerprint density at radius 2 is 2.17 bits per heavy atom. The van der Waals surface area contributed by atoms with Crippen molar-refractivity contribution in [3.05, 3.63) is 41.2 Å². The molecule has 1 aliphatic heterocycles. The molecule has 0 saturated carbocycles. The fraction of sp³-hybridized carbons (Fsp3) is 0.316. The molecule has 5 heterocycles. The molecule has 1 aliphatic rings. The van der Waals surface area contributed by atoms with Crippen LogP contribution >= 0.6 is 11.3 Å². The summed E-state index contributed by atoms with van der Waals surface area (Å²) in [4.78, 5) is 14.9. The minimum atomic E-state index is -0.338. The van der Waals surface area contributed by atoms with Crippen LogP contribution in [0, 0.1) is 0 Å². The van der Waals surface area contributed by atoms with Crippen molar-refractivity contribution in [2.45, 2.75) is 32.4 Å². The van der Waals surface area contributed by atoms with Gasteiger partial charge < -0.3 is 5.32 Å². The maximum Gasteiger partial charge on any atom is 0.250 e. The number of nitrogens with one attached hydrogen (secondary N) is 1. The van der Waals surface area contributed by atoms with Crippen molar-refractivity contribution in [3.8, 4) is 11.4 Å². The first kappa shape index (κ1) is 17.8. The highest BCUT2D eigenvalue weighted by molar-refractivity contribution is 7.08. The van der Waals surface area contributed by atoms with E-state index < -0.39 is 0 Å². The molecule has 1 N–H and O–H groups in total. The van der Waals surface area contributed by atoms with Gasteiger partial charge in [-0.25, -0.2) is 4.68 Å². The molecule has 1 fully saturated rings. The van der Waals surface area contributed by atoms with Gasteiger partial charge >= 0.3 is 0 Å². The zero-order valence-corrected chi connectivity index (χ0v) is 16.7. The number of anilines is 2. The number of hydrogen-bond donors (Lipinski definition) is 1. The summed E-state index contributed by atoms with van der Waals surface area (Å²) in [7, 11) is 0. The van der Waals surface area contributed by atoms with E-state index in [4.69, 9.17) is 0 Å². The Morgan fingerprint density at radius 1 is 1.24 bits per heavy atom. The number of carbonyl (C=O) groups excluding carboxylic acids is 1. The van der Waals surface area contributed by atoms with E-state index in [1.807, 2.05) is 51.5 Å². The summed E-state index contributed by atoms with van der Waals surface area (Å²) in [5.74, 6) is 2.19. The molecule has 10 heteroatoms. The molecule has 1 unspecified atom stereocenters. The Labute approximate surface area is 171 Å². The number of thiophene rings is 1. The first-order valence-electron chi connectivity index (χ1n) is 9.59. The van der Waals surface area contributed by atoms with Gasteiger partial charge in [0.15, 0.2) is 11.5 Å². The van der Waals surface area contributed by atoms with Gasteiger partial charge in [-0.15, -0.1) is 15.3 Å². The van der Waals surface area contributed by atoms with E-state index in [0.29, 0.717) is 23.8 Å². The molecule has 0 radical (unpaired) electrons. The van der Waals surface area contributed by atoms with E-state index in [0.717, 1.165) is 30.8 Å². The van der Waals surface area contributed by atoms with E-state index in [1.165, 1.54) is 0 Å². The molecule has 29 heavy (non-hydrogen) atoms. The van der Waals surface area contributed by atoms with E-state index in [1.54, 1.807) is 22.0 Å². The highest BCUT2D eigenvalue weighted by Crippen LogP contribution is 2.24. The van der Waals surface area contributed by atoms with Crippen LogP contribution in [0.2, 0.25) is 0 Å². The Morgan fingerprint density at radius 3 is 3.00 bits per heavy atom. The average Bonchev–Trinajstić information content (AvgIpc) is 3.49. The van der Waals surface area contributed by atoms with E-state index in [-0.39, 0.29) is 11.9 Å². The number of carbonyl (C=O) groups is 1. The van der Waals surface area contributed by atoms with Gasteiger partial charge in [0.25, 0.3) is 5.91 Å². The average molecular weight is 408 g/mol. The zero-order valence-electron chi connectivity index (χ0n) is 15.9. The molecule has 4 aromatic heterocycles. The number of rotatable bonds is 5. The van der Waals surface area contributed by atoms with Gasteiger partial charge in [-0.1, -0.05) is 0 Å². The van der Waals surface area contributed by atoms with Crippen LogP contribution in [0.25, 0.3) is 17.0 Å². The van der Waals surface area contributed by atoms with Crippen molar-refractivity contribution in [2.24, 2.45) is 0 Å². The smallest absolute Gasteiger partial charge is 0.250 e. The molecule has 148 valence electrons. The summed E-state index contributed by atoms with van der Waals surface area (Å²) < 4.78 is 3.55. The van der Waals surface area contributed by atoms with Gasteiger partial charge in [-0.05, 0) is 43.3 Å². The van der Waals surface area contributed by atoms with Gasteiger partial charge in [-0.3, -0.25) is 9.69 Å². The van der Waals surface area contributed by atoms with E-state index >= 15 is 0 Å². The number of amides is 1. The topological polar surface area (TPSA) is 93.2 Å². The lowest BCUT2D eigenvalue weighted by Crippen LogP contribution is -2.48. The molecular weight excluding hydrogens is 388 g/mol. The van der Waals surface area contributed by atoms with Crippen LogP contribution in [0.15, 0.2) is 41.2 Å². The monoisotopic (exact) mass is 408 g/mol. The van der Waals surface area contributed by atoms with Crippen molar-refractivity contribution < 1.29 is 4.79 Å². The van der Waals surface area contributed by atoms with Gasteiger partial charge in [0.1, 0.15) is 17.7 Å². The molecule has 0 aromatic carbocycles. The fourth-order valence-electron chi connectivity index (χ4n) is 3.65. The molecule has 9 nitrogen and oxygen atoms in total. The predicted molar refractivity (Wildman–Crippen MR) is 111 cm³/mol. The van der Waals surface area contributed by atoms with E-state index in [9.17, 15) is 4.79 Å². The summed E-state index contributed by atoms with van der Waals surface area (Å²) in [6.07, 6.45) is 3.40. The minimum Gasteiger partial charge on any atom is -0.357 e. The third kappa shape index (κ3) is 3.15. The molecule has 1 saturated heterocycles. The molecular formula is C19H20N8OS. The Kier molecular flexibility index (Phi) is 4.47. The van der Waals surface area contributed by atoms with Crippen LogP contribution < -0.4 is 10.2 Å². The lowest BCUT2D eigenvalue weighted by atomic mass is 10.0. The Balaban J connectivity index is 1.41. The second-order valence-electron chi connectivity index (χ2n) is 6.86. The SMILES string of the molecule is CCn1nccc1N1CCCC(Nc2ccc3nnc(-c4ccsc4)n3n2)C1=O. The van der Waals surface area contributed by atoms with Gasteiger partial charge in [0.2, 0.25) is 0 Å². The zero-order chi connectivity index (χ0) is 19.8. The molecule has 0 aliphatic carbocycles. The van der Waals surface area contributed by atoms with Crippen molar-refractivity contribution in [1.29, 1.82) is 0 Å². The summed E-state index contributed by atoms with van der Waals surface area (Å²) in [6, 6.07) is 7.23. The maximum absolute atomic E-state index is 13.1. The van der Waals surface area contributed by atoms with Gasteiger partial charge in [0, 0.05) is 30.1 Å². The highest BCUT2D eigenvalue weighted by atomic mass is 32.1. The lowest BCUT2D eigenvalue weighted by molar-refractivity contribution is -0.120. The number of piperidine rings is 1. The van der Waals surface area contributed by atoms with Crippen LogP contribution in [0.3, 0.4) is 0 Å². The van der Waals surface area contributed by atoms with Crippen LogP contribution in [0.4, 0.5) is 11.6 Å². The largest absolute Gasteiger partial charge is 0.357 e. The quantitative estimate of drug-likeness (QED) is 0.546. The fourth-order valence-corrected chi connectivity index (χ4v) is 4.29. The molecule has 1 amide bonds. The maximum atomic E-state index is 13.1. The van der Waals surface area contributed by atoms with Crippen LogP contribution in [0.1, 0.15) is 19.8 Å². The summed E-state index contributed by atoms with van der Waals surface area (Å²) >= 11 is 1.60. The minimum absolute atomic E-state index is 0.0372. The number of nitrogens with zero attached hydrogens (tertiary/aromatic N) is 7. The van der Waals surface area contributed by atoms with Crippen molar-refractivity contribution >= 4 is 34.5 Å². The molecule has 0 spiro atoms. The van der Waals surface area contributed by atoms with Crippen LogP contribution in [-0.4, -0.2) is 48.1 Å². The molecule has 4 aromatic rings. The third-order valence-electron chi connectivity index (χ3n) is 5.07. The standard InChI is InChI=1S/C19H20N8OS/c1-2-26-17(7-9-20-26)25-10-3-4-14(19(25)28)21-15-5-6-16-22-23-18(27(16)24-15)13-8-11-29-12-13/h5-9,11-12,14H,2-4,10H2,1H3,(H,21,24). The normalized spacial score (nSPS) is 17.2. The van der Waals surface area contributed by atoms with Gasteiger partial charge in [0.05, 0.1) is 6.20 Å². The highest BCUT2D eigenvalue weighted by Gasteiger charge is 2.31. The van der Waals surface area contributed by atoms with Crippen molar-refractivity contribution in [1.82, 2.24) is 29.6 Å². The first-order chi connectivity index (χ1) is 14.2. The van der Waals surface area contributed by atoms with Crippen LogP contribution in [0.5, 0.6) is 0 Å². The Bertz CT molecular complexity index is 1150. The molecule has 1 atom stereocenters. The van der Waals surface area contributed by atoms with E-state index in [2.05, 4.69) is 25.7 Å². The second kappa shape index (κ2) is 7.28. The van der Waals surface area contributed by atoms with Gasteiger partial charge in [-0.2, -0.15) is 21.0 Å². The van der Waals surface area contributed by atoms with Crippen molar-refractivity contribution in [2.75, 3.05) is 16.8 Å². The molecule has 0 bridgehead atoms. The number of aryl methyl sites for hydroxylation is 1. The summed E-state index contributed by atoms with van der Waals surface area (Å²) in [5.41, 5.74) is 1.64. The predicted octanol–water partition coefficient (Wildman–Crippen LogP) is 2.68. The summed E-state index contributed by atoms with van der Waals surface area (Å²) in [5, 5.41) is 24.7. The molecule has 5 rings (SSSR count). The second-order valence-corrected chi connectivity index (χ2v) is 7.64. The van der Waals surface area contributed by atoms with Crippen LogP contribution in [-0.2, 0) is 11.3 Å². The number of hydrogen-bond acceptors (Lipinski definition) is 7.